The number of nitro benzene ring substituents is 1. The zero-order valence-electron chi connectivity index (χ0n) is 17.1. The second-order valence-electron chi connectivity index (χ2n) is 8.31. The van der Waals surface area contributed by atoms with Gasteiger partial charge in [-0.2, -0.15) is 0 Å². The minimum absolute atomic E-state index is 0.207. The number of para-hydroxylation sites is 1. The maximum absolute atomic E-state index is 12.1. The van der Waals surface area contributed by atoms with Gasteiger partial charge in [0, 0.05) is 31.9 Å². The summed E-state index contributed by atoms with van der Waals surface area (Å²) >= 11 is 0. The van der Waals surface area contributed by atoms with E-state index in [2.05, 4.69) is 29.2 Å². The van der Waals surface area contributed by atoms with Crippen LogP contribution in [-0.2, 0) is 16.4 Å². The summed E-state index contributed by atoms with van der Waals surface area (Å²) in [6.45, 7) is 3.38. The van der Waals surface area contributed by atoms with E-state index in [1.165, 1.54) is 11.6 Å². The summed E-state index contributed by atoms with van der Waals surface area (Å²) in [5, 5.41) is 11.8. The molecule has 0 bridgehead atoms. The molecule has 0 spiro atoms. The van der Waals surface area contributed by atoms with Gasteiger partial charge in [-0.05, 0) is 49.4 Å². The SMILES string of the molecule is CS(=O)(=O)c1cccc(N2CCC3C(CCCN3Cc3ccccc3)C2)c1[N+](=O)[O-]. The first-order valence-electron chi connectivity index (χ1n) is 10.3. The van der Waals surface area contributed by atoms with Crippen molar-refractivity contribution >= 4 is 21.2 Å². The Balaban J connectivity index is 1.57. The molecule has 2 saturated heterocycles. The minimum Gasteiger partial charge on any atom is -0.366 e. The zero-order chi connectivity index (χ0) is 21.3. The monoisotopic (exact) mass is 429 g/mol. The van der Waals surface area contributed by atoms with Crippen LogP contribution in [0.5, 0.6) is 0 Å². The third kappa shape index (κ3) is 4.20. The van der Waals surface area contributed by atoms with Crippen molar-refractivity contribution in [2.45, 2.75) is 36.7 Å². The van der Waals surface area contributed by atoms with Crippen LogP contribution in [0, 0.1) is 16.0 Å². The molecule has 30 heavy (non-hydrogen) atoms. The van der Waals surface area contributed by atoms with E-state index in [9.17, 15) is 18.5 Å². The Labute approximate surface area is 177 Å². The second-order valence-corrected chi connectivity index (χ2v) is 10.3. The van der Waals surface area contributed by atoms with Crippen LogP contribution in [0.3, 0.4) is 0 Å². The fourth-order valence-corrected chi connectivity index (χ4v) is 5.84. The van der Waals surface area contributed by atoms with Crippen molar-refractivity contribution < 1.29 is 13.3 Å². The zero-order valence-corrected chi connectivity index (χ0v) is 17.9. The van der Waals surface area contributed by atoms with Crippen molar-refractivity contribution in [3.05, 3.63) is 64.2 Å². The molecule has 2 fully saturated rings. The van der Waals surface area contributed by atoms with Crippen molar-refractivity contribution in [1.29, 1.82) is 0 Å². The molecule has 0 saturated carbocycles. The van der Waals surface area contributed by atoms with Gasteiger partial charge < -0.3 is 4.90 Å². The van der Waals surface area contributed by atoms with Crippen LogP contribution in [0.4, 0.5) is 11.4 Å². The molecule has 4 rings (SSSR count). The minimum atomic E-state index is -3.68. The number of benzene rings is 2. The standard InChI is InChI=1S/C22H27N3O4S/c1-30(28,29)21-11-5-10-20(22(21)25(26)27)24-14-12-19-18(16-24)9-6-13-23(19)15-17-7-3-2-4-8-17/h2-5,7-8,10-11,18-19H,6,9,12-16H2,1H3. The van der Waals surface area contributed by atoms with Crippen molar-refractivity contribution in [2.75, 3.05) is 30.8 Å². The molecule has 2 aliphatic rings. The highest BCUT2D eigenvalue weighted by atomic mass is 32.2. The molecule has 0 aromatic heterocycles. The third-order valence-corrected chi connectivity index (χ3v) is 7.44. The lowest BCUT2D eigenvalue weighted by Gasteiger charge is -2.47. The molecule has 0 amide bonds. The van der Waals surface area contributed by atoms with E-state index in [1.54, 1.807) is 12.1 Å². The van der Waals surface area contributed by atoms with Gasteiger partial charge in [0.2, 0.25) is 0 Å². The van der Waals surface area contributed by atoms with Crippen LogP contribution in [0.25, 0.3) is 0 Å². The van der Waals surface area contributed by atoms with Gasteiger partial charge in [-0.15, -0.1) is 0 Å². The maximum Gasteiger partial charge on any atom is 0.311 e. The van der Waals surface area contributed by atoms with Gasteiger partial charge in [-0.1, -0.05) is 36.4 Å². The lowest BCUT2D eigenvalue weighted by molar-refractivity contribution is -0.387. The topological polar surface area (TPSA) is 83.8 Å². The Morgan fingerprint density at radius 3 is 2.53 bits per heavy atom. The number of piperidine rings is 2. The average molecular weight is 430 g/mol. The van der Waals surface area contributed by atoms with E-state index in [-0.39, 0.29) is 10.6 Å². The Kier molecular flexibility index (Phi) is 5.79. The van der Waals surface area contributed by atoms with Crippen LogP contribution in [0.1, 0.15) is 24.8 Å². The molecule has 2 heterocycles. The fraction of sp³-hybridized carbons (Fsp3) is 0.455. The maximum atomic E-state index is 12.1. The normalized spacial score (nSPS) is 22.5. The van der Waals surface area contributed by atoms with Crippen LogP contribution in [0.15, 0.2) is 53.4 Å². The molecule has 2 atom stereocenters. The van der Waals surface area contributed by atoms with Gasteiger partial charge in [0.1, 0.15) is 10.6 Å². The van der Waals surface area contributed by atoms with E-state index in [0.29, 0.717) is 30.7 Å². The van der Waals surface area contributed by atoms with Crippen LogP contribution < -0.4 is 4.90 Å². The van der Waals surface area contributed by atoms with E-state index < -0.39 is 14.8 Å². The number of likely N-dealkylation sites (tertiary alicyclic amines) is 1. The number of anilines is 1. The molecule has 0 radical (unpaired) electrons. The van der Waals surface area contributed by atoms with Crippen LogP contribution in [0.2, 0.25) is 0 Å². The van der Waals surface area contributed by atoms with Gasteiger partial charge in [-0.25, -0.2) is 8.42 Å². The average Bonchev–Trinajstić information content (AvgIpc) is 2.73. The third-order valence-electron chi connectivity index (χ3n) is 6.31. The summed E-state index contributed by atoms with van der Waals surface area (Å²) in [6, 6.07) is 15.5. The number of fused-ring (bicyclic) bond motifs is 1. The molecule has 8 heteroatoms. The van der Waals surface area contributed by atoms with Crippen molar-refractivity contribution in [3.63, 3.8) is 0 Å². The van der Waals surface area contributed by atoms with E-state index in [1.807, 2.05) is 11.0 Å². The van der Waals surface area contributed by atoms with Crippen LogP contribution in [-0.4, -0.2) is 50.2 Å². The van der Waals surface area contributed by atoms with Crippen molar-refractivity contribution in [2.24, 2.45) is 5.92 Å². The summed E-state index contributed by atoms with van der Waals surface area (Å²) in [5.74, 6) is 0.415. The lowest BCUT2D eigenvalue weighted by atomic mass is 9.83. The van der Waals surface area contributed by atoms with Gasteiger partial charge in [0.05, 0.1) is 4.92 Å². The van der Waals surface area contributed by atoms with E-state index in [4.69, 9.17) is 0 Å². The van der Waals surface area contributed by atoms with E-state index in [0.717, 1.165) is 38.6 Å². The van der Waals surface area contributed by atoms with Crippen molar-refractivity contribution in [3.8, 4) is 0 Å². The molecule has 2 unspecified atom stereocenters. The number of sulfone groups is 1. The number of hydrogen-bond acceptors (Lipinski definition) is 6. The summed E-state index contributed by atoms with van der Waals surface area (Å²) < 4.78 is 24.2. The Morgan fingerprint density at radius 1 is 1.07 bits per heavy atom. The summed E-state index contributed by atoms with van der Waals surface area (Å²) in [6.07, 6.45) is 4.13. The highest BCUT2D eigenvalue weighted by Crippen LogP contribution is 2.39. The molecule has 2 aliphatic heterocycles. The molecular weight excluding hydrogens is 402 g/mol. The lowest BCUT2D eigenvalue weighted by Crippen LogP contribution is -2.53. The largest absolute Gasteiger partial charge is 0.366 e. The van der Waals surface area contributed by atoms with Crippen LogP contribution >= 0.6 is 0 Å². The quantitative estimate of drug-likeness (QED) is 0.534. The van der Waals surface area contributed by atoms with Crippen molar-refractivity contribution in [1.82, 2.24) is 4.90 Å². The Morgan fingerprint density at radius 2 is 1.83 bits per heavy atom. The summed E-state index contributed by atoms with van der Waals surface area (Å²) in [7, 11) is -3.68. The predicted octanol–water partition coefficient (Wildman–Crippen LogP) is 3.49. The highest BCUT2D eigenvalue weighted by Gasteiger charge is 2.38. The fourth-order valence-electron chi connectivity index (χ4n) is 4.99. The predicted molar refractivity (Wildman–Crippen MR) is 116 cm³/mol. The Bertz CT molecular complexity index is 1030. The molecule has 0 aliphatic carbocycles. The summed E-state index contributed by atoms with van der Waals surface area (Å²) in [4.78, 5) is 15.6. The molecular formula is C22H27N3O4S. The first-order valence-corrected chi connectivity index (χ1v) is 12.2. The van der Waals surface area contributed by atoms with Gasteiger partial charge >= 0.3 is 5.69 Å². The van der Waals surface area contributed by atoms with Gasteiger partial charge in [0.15, 0.2) is 9.84 Å². The second kappa shape index (κ2) is 8.35. The van der Waals surface area contributed by atoms with Gasteiger partial charge in [-0.3, -0.25) is 15.0 Å². The first-order chi connectivity index (χ1) is 14.3. The number of nitro groups is 1. The molecule has 2 aromatic rings. The molecule has 7 nitrogen and oxygen atoms in total. The Hall–Kier alpha value is -2.45. The number of rotatable bonds is 5. The van der Waals surface area contributed by atoms with Gasteiger partial charge in [0.25, 0.3) is 0 Å². The first kappa shape index (κ1) is 20.8. The number of hydrogen-bond donors (Lipinski definition) is 0. The highest BCUT2D eigenvalue weighted by molar-refractivity contribution is 7.90. The summed E-state index contributed by atoms with van der Waals surface area (Å²) in [5.41, 5.74) is 1.43. The number of nitrogens with zero attached hydrogens (tertiary/aromatic N) is 3. The molecule has 0 N–H and O–H groups in total. The van der Waals surface area contributed by atoms with E-state index >= 15 is 0 Å². The molecule has 160 valence electrons. The molecule has 2 aromatic carbocycles. The smallest absolute Gasteiger partial charge is 0.311 e.